The number of hydrogen-bond donors (Lipinski definition) is 1. The van der Waals surface area contributed by atoms with E-state index in [9.17, 15) is 18.0 Å². The Balaban J connectivity index is 1.88. The van der Waals surface area contributed by atoms with Crippen LogP contribution < -0.4 is 9.46 Å². The summed E-state index contributed by atoms with van der Waals surface area (Å²) in [6, 6.07) is 15.2. The summed E-state index contributed by atoms with van der Waals surface area (Å²) in [6.07, 6.45) is 1.64. The van der Waals surface area contributed by atoms with E-state index >= 15 is 0 Å². The average Bonchev–Trinajstić information content (AvgIpc) is 2.82. The second-order valence-corrected chi connectivity index (χ2v) is 8.09. The Kier molecular flexibility index (Phi) is 7.06. The van der Waals surface area contributed by atoms with Gasteiger partial charge in [-0.2, -0.15) is 0 Å². The van der Waals surface area contributed by atoms with Crippen molar-refractivity contribution in [1.82, 2.24) is 4.98 Å². The van der Waals surface area contributed by atoms with E-state index in [0.717, 1.165) is 13.2 Å². The predicted octanol–water partition coefficient (Wildman–Crippen LogP) is 3.03. The second kappa shape index (κ2) is 9.92. The number of benzene rings is 2. The minimum Gasteiger partial charge on any atom is -0.487 e. The second-order valence-electron chi connectivity index (χ2n) is 6.44. The first-order chi connectivity index (χ1) is 15.3. The van der Waals surface area contributed by atoms with Crippen LogP contribution in [0.4, 0.5) is 5.69 Å². The number of pyridine rings is 1. The van der Waals surface area contributed by atoms with E-state index < -0.39 is 26.9 Å². The third kappa shape index (κ3) is 5.41. The highest BCUT2D eigenvalue weighted by Crippen LogP contribution is 2.25. The highest BCUT2D eigenvalue weighted by atomic mass is 32.2. The third-order valence-corrected chi connectivity index (χ3v) is 5.72. The molecule has 0 bridgehead atoms. The molecule has 1 heterocycles. The molecule has 9 nitrogen and oxygen atoms in total. The van der Waals surface area contributed by atoms with E-state index in [1.54, 1.807) is 30.5 Å². The van der Waals surface area contributed by atoms with Crippen LogP contribution in [0.15, 0.2) is 71.8 Å². The van der Waals surface area contributed by atoms with E-state index in [2.05, 4.69) is 19.2 Å². The first-order valence-corrected chi connectivity index (χ1v) is 10.8. The highest BCUT2D eigenvalue weighted by molar-refractivity contribution is 7.92. The van der Waals surface area contributed by atoms with Crippen LogP contribution in [0.2, 0.25) is 0 Å². The van der Waals surface area contributed by atoms with E-state index in [-0.39, 0.29) is 23.4 Å². The van der Waals surface area contributed by atoms with Crippen molar-refractivity contribution < 1.29 is 32.2 Å². The SMILES string of the molecule is COC(=O)c1ccc(C(=O)OC)c(S(=O)(=O)Nc2cccc(OCc3ccccn3)c2)c1. The molecule has 0 atom stereocenters. The Morgan fingerprint density at radius 3 is 2.41 bits per heavy atom. The van der Waals surface area contributed by atoms with Gasteiger partial charge in [-0.05, 0) is 42.5 Å². The number of rotatable bonds is 8. The molecular weight excluding hydrogens is 436 g/mol. The normalized spacial score (nSPS) is 10.8. The molecule has 32 heavy (non-hydrogen) atoms. The summed E-state index contributed by atoms with van der Waals surface area (Å²) in [5, 5.41) is 0. The van der Waals surface area contributed by atoms with E-state index in [1.807, 2.05) is 6.07 Å². The van der Waals surface area contributed by atoms with Gasteiger partial charge in [0.1, 0.15) is 17.3 Å². The summed E-state index contributed by atoms with van der Waals surface area (Å²) in [7, 11) is -1.98. The molecule has 0 radical (unpaired) electrons. The van der Waals surface area contributed by atoms with E-state index in [4.69, 9.17) is 4.74 Å². The maximum absolute atomic E-state index is 13.1. The standard InChI is InChI=1S/C22H20N2O7S/c1-29-21(25)15-9-10-19(22(26)30-2)20(12-15)32(27,28)24-16-7-5-8-18(13-16)31-14-17-6-3-4-11-23-17/h3-13,24H,14H2,1-2H3. The van der Waals surface area contributed by atoms with Gasteiger partial charge in [0.2, 0.25) is 0 Å². The highest BCUT2D eigenvalue weighted by Gasteiger charge is 2.25. The zero-order chi connectivity index (χ0) is 23.1. The summed E-state index contributed by atoms with van der Waals surface area (Å²) in [4.78, 5) is 27.7. The lowest BCUT2D eigenvalue weighted by Crippen LogP contribution is -2.18. The first kappa shape index (κ1) is 22.8. The predicted molar refractivity (Wildman–Crippen MR) is 115 cm³/mol. The van der Waals surface area contributed by atoms with Crippen molar-refractivity contribution in [3.8, 4) is 5.75 Å². The lowest BCUT2D eigenvalue weighted by atomic mass is 10.1. The number of aromatic nitrogens is 1. The third-order valence-electron chi connectivity index (χ3n) is 4.30. The molecular formula is C22H20N2O7S. The molecule has 0 amide bonds. The zero-order valence-electron chi connectivity index (χ0n) is 17.3. The number of anilines is 1. The van der Waals surface area contributed by atoms with Crippen LogP contribution in [0, 0.1) is 0 Å². The maximum Gasteiger partial charge on any atom is 0.339 e. The topological polar surface area (TPSA) is 121 Å². The number of esters is 2. The Hall–Kier alpha value is -3.92. The van der Waals surface area contributed by atoms with Crippen LogP contribution >= 0.6 is 0 Å². The number of hydrogen-bond acceptors (Lipinski definition) is 8. The molecule has 1 N–H and O–H groups in total. The Morgan fingerprint density at radius 2 is 1.72 bits per heavy atom. The van der Waals surface area contributed by atoms with E-state index in [0.29, 0.717) is 11.4 Å². The maximum atomic E-state index is 13.1. The minimum absolute atomic E-state index is 0.0343. The van der Waals surface area contributed by atoms with Crippen LogP contribution in [0.25, 0.3) is 0 Å². The van der Waals surface area contributed by atoms with Gasteiger partial charge in [-0.15, -0.1) is 0 Å². The average molecular weight is 456 g/mol. The van der Waals surface area contributed by atoms with Gasteiger partial charge >= 0.3 is 11.9 Å². The summed E-state index contributed by atoms with van der Waals surface area (Å²) < 4.78 is 43.5. The minimum atomic E-state index is -4.27. The smallest absolute Gasteiger partial charge is 0.339 e. The summed E-state index contributed by atoms with van der Waals surface area (Å²) in [6.45, 7) is 0.199. The van der Waals surface area contributed by atoms with Gasteiger partial charge in [0, 0.05) is 12.3 Å². The molecule has 2 aromatic carbocycles. The van der Waals surface area contributed by atoms with Gasteiger partial charge in [0.15, 0.2) is 0 Å². The first-order valence-electron chi connectivity index (χ1n) is 9.30. The van der Waals surface area contributed by atoms with Crippen molar-refractivity contribution in [2.24, 2.45) is 0 Å². The van der Waals surface area contributed by atoms with Gasteiger partial charge in [0.05, 0.1) is 36.7 Å². The molecule has 0 aliphatic heterocycles. The summed E-state index contributed by atoms with van der Waals surface area (Å²) in [5.41, 5.74) is 0.645. The van der Waals surface area contributed by atoms with Crippen molar-refractivity contribution in [1.29, 1.82) is 0 Å². The fourth-order valence-electron chi connectivity index (χ4n) is 2.77. The number of sulfonamides is 1. The van der Waals surface area contributed by atoms with Gasteiger partial charge in [-0.25, -0.2) is 18.0 Å². The quantitative estimate of drug-likeness (QED) is 0.514. The van der Waals surface area contributed by atoms with Crippen molar-refractivity contribution >= 4 is 27.6 Å². The van der Waals surface area contributed by atoms with E-state index in [1.165, 1.54) is 31.4 Å². The fraction of sp³-hybridized carbons (Fsp3) is 0.136. The van der Waals surface area contributed by atoms with Crippen LogP contribution in [-0.4, -0.2) is 39.6 Å². The fourth-order valence-corrected chi connectivity index (χ4v) is 4.04. The van der Waals surface area contributed by atoms with Crippen molar-refractivity contribution in [2.75, 3.05) is 18.9 Å². The molecule has 0 fully saturated rings. The van der Waals surface area contributed by atoms with Gasteiger partial charge < -0.3 is 14.2 Å². The van der Waals surface area contributed by atoms with Crippen LogP contribution in [-0.2, 0) is 26.1 Å². The van der Waals surface area contributed by atoms with Crippen molar-refractivity contribution in [3.05, 3.63) is 83.7 Å². The number of ether oxygens (including phenoxy) is 3. The molecule has 0 spiro atoms. The van der Waals surface area contributed by atoms with Crippen LogP contribution in [0.5, 0.6) is 5.75 Å². The number of nitrogens with zero attached hydrogens (tertiary/aromatic N) is 1. The number of methoxy groups -OCH3 is 2. The number of carbonyl (C=O) groups excluding carboxylic acids is 2. The van der Waals surface area contributed by atoms with Crippen LogP contribution in [0.3, 0.4) is 0 Å². The number of nitrogens with one attached hydrogen (secondary N) is 1. The summed E-state index contributed by atoms with van der Waals surface area (Å²) in [5.74, 6) is -1.20. The molecule has 0 unspecified atom stereocenters. The molecule has 1 aromatic heterocycles. The molecule has 0 aliphatic rings. The zero-order valence-corrected chi connectivity index (χ0v) is 18.1. The Morgan fingerprint density at radius 1 is 0.938 bits per heavy atom. The van der Waals surface area contributed by atoms with Gasteiger partial charge in [0.25, 0.3) is 10.0 Å². The van der Waals surface area contributed by atoms with Crippen LogP contribution in [0.1, 0.15) is 26.4 Å². The lowest BCUT2D eigenvalue weighted by Gasteiger charge is -2.13. The molecule has 0 saturated heterocycles. The summed E-state index contributed by atoms with van der Waals surface area (Å²) >= 11 is 0. The van der Waals surface area contributed by atoms with Crippen molar-refractivity contribution in [2.45, 2.75) is 11.5 Å². The molecule has 0 saturated carbocycles. The lowest BCUT2D eigenvalue weighted by molar-refractivity contribution is 0.0583. The van der Waals surface area contributed by atoms with Gasteiger partial charge in [-0.3, -0.25) is 9.71 Å². The Bertz CT molecular complexity index is 1230. The molecule has 0 aliphatic carbocycles. The van der Waals surface area contributed by atoms with Gasteiger partial charge in [-0.1, -0.05) is 12.1 Å². The molecule has 3 rings (SSSR count). The largest absolute Gasteiger partial charge is 0.487 e. The number of carbonyl (C=O) groups is 2. The Labute approximate surface area is 185 Å². The molecule has 3 aromatic rings. The van der Waals surface area contributed by atoms with Crippen molar-refractivity contribution in [3.63, 3.8) is 0 Å². The molecule has 166 valence electrons. The monoisotopic (exact) mass is 456 g/mol. The molecule has 10 heteroatoms.